The van der Waals surface area contributed by atoms with Gasteiger partial charge in [0.1, 0.15) is 11.6 Å². The zero-order valence-corrected chi connectivity index (χ0v) is 15.0. The maximum absolute atomic E-state index is 12.9. The number of hydrogen-bond acceptors (Lipinski definition) is 3. The lowest BCUT2D eigenvalue weighted by atomic mass is 10.0. The van der Waals surface area contributed by atoms with Crippen LogP contribution >= 0.6 is 0 Å². The van der Waals surface area contributed by atoms with Crippen molar-refractivity contribution in [3.05, 3.63) is 30.1 Å². The molecule has 0 spiro atoms. The highest BCUT2D eigenvalue weighted by Gasteiger charge is 2.25. The number of halogens is 1. The van der Waals surface area contributed by atoms with Gasteiger partial charge < -0.3 is 15.0 Å². The van der Waals surface area contributed by atoms with Gasteiger partial charge in [0, 0.05) is 25.7 Å². The maximum atomic E-state index is 12.9. The van der Waals surface area contributed by atoms with Crippen molar-refractivity contribution in [3.8, 4) is 5.75 Å². The number of amides is 1. The topological polar surface area (TPSA) is 41.6 Å². The van der Waals surface area contributed by atoms with Crippen LogP contribution < -0.4 is 10.1 Å². The number of carbonyl (C=O) groups excluding carboxylic acids is 1. The van der Waals surface area contributed by atoms with E-state index in [-0.39, 0.29) is 17.8 Å². The first-order chi connectivity index (χ1) is 12.1. The van der Waals surface area contributed by atoms with E-state index in [2.05, 4.69) is 10.2 Å². The minimum absolute atomic E-state index is 0.0985. The van der Waals surface area contributed by atoms with Crippen LogP contribution in [0.1, 0.15) is 45.4 Å². The molecule has 1 aromatic carbocycles. The van der Waals surface area contributed by atoms with E-state index in [1.165, 1.54) is 44.4 Å². The minimum Gasteiger partial charge on any atom is -0.481 e. The van der Waals surface area contributed by atoms with E-state index >= 15 is 0 Å². The second-order valence-corrected chi connectivity index (χ2v) is 7.45. The average molecular weight is 348 g/mol. The Balaban J connectivity index is 1.38. The molecule has 0 unspecified atom stereocenters. The van der Waals surface area contributed by atoms with E-state index in [0.717, 1.165) is 31.8 Å². The molecule has 1 saturated carbocycles. The molecule has 1 atom stereocenters. The monoisotopic (exact) mass is 348 g/mol. The fraction of sp³-hybridized carbons (Fsp3) is 0.650. The summed E-state index contributed by atoms with van der Waals surface area (Å²) in [4.78, 5) is 14.9. The fourth-order valence-corrected chi connectivity index (χ4v) is 3.91. The van der Waals surface area contributed by atoms with Crippen LogP contribution in [-0.4, -0.2) is 42.6 Å². The van der Waals surface area contributed by atoms with Gasteiger partial charge in [-0.15, -0.1) is 0 Å². The smallest absolute Gasteiger partial charge is 0.260 e. The lowest BCUT2D eigenvalue weighted by Crippen LogP contribution is -2.48. The van der Waals surface area contributed by atoms with Gasteiger partial charge in [-0.05, 0) is 62.8 Å². The van der Waals surface area contributed by atoms with Crippen molar-refractivity contribution in [2.75, 3.05) is 19.6 Å². The molecule has 0 bridgehead atoms. The van der Waals surface area contributed by atoms with Gasteiger partial charge in [0.05, 0.1) is 0 Å². The van der Waals surface area contributed by atoms with E-state index in [4.69, 9.17) is 4.74 Å². The summed E-state index contributed by atoms with van der Waals surface area (Å²) in [5, 5.41) is 3.10. The molecule has 1 N–H and O–H groups in total. The largest absolute Gasteiger partial charge is 0.481 e. The summed E-state index contributed by atoms with van der Waals surface area (Å²) in [6, 6.07) is 5.98. The molecule has 1 heterocycles. The van der Waals surface area contributed by atoms with E-state index in [1.807, 2.05) is 0 Å². The lowest BCUT2D eigenvalue weighted by Gasteiger charge is -2.34. The summed E-state index contributed by atoms with van der Waals surface area (Å²) in [5.74, 6) is 0.984. The molecule has 2 aliphatic rings. The first kappa shape index (κ1) is 18.2. The van der Waals surface area contributed by atoms with Crippen molar-refractivity contribution < 1.29 is 13.9 Å². The molecular formula is C20H29FN2O2. The van der Waals surface area contributed by atoms with Crippen LogP contribution in [0.2, 0.25) is 0 Å². The van der Waals surface area contributed by atoms with Crippen molar-refractivity contribution in [1.82, 2.24) is 10.2 Å². The molecule has 1 saturated heterocycles. The van der Waals surface area contributed by atoms with Crippen LogP contribution in [0.5, 0.6) is 5.75 Å². The Hall–Kier alpha value is -1.62. The molecule has 1 aliphatic carbocycles. The lowest BCUT2D eigenvalue weighted by molar-refractivity contribution is -0.128. The molecule has 4 nitrogen and oxygen atoms in total. The number of ether oxygens (including phenoxy) is 1. The van der Waals surface area contributed by atoms with Crippen molar-refractivity contribution in [1.29, 1.82) is 0 Å². The van der Waals surface area contributed by atoms with Gasteiger partial charge in [-0.1, -0.05) is 12.8 Å². The molecule has 0 radical (unpaired) electrons. The molecule has 3 rings (SSSR count). The molecule has 1 aliphatic heterocycles. The number of nitrogens with one attached hydrogen (secondary N) is 1. The van der Waals surface area contributed by atoms with Crippen molar-refractivity contribution in [2.45, 2.75) is 57.6 Å². The molecule has 5 heteroatoms. The van der Waals surface area contributed by atoms with Gasteiger partial charge >= 0.3 is 0 Å². The third-order valence-electron chi connectivity index (χ3n) is 5.42. The summed E-state index contributed by atoms with van der Waals surface area (Å²) in [5.41, 5.74) is 0. The van der Waals surface area contributed by atoms with E-state index in [9.17, 15) is 9.18 Å². The summed E-state index contributed by atoms with van der Waals surface area (Å²) < 4.78 is 18.5. The van der Waals surface area contributed by atoms with Crippen LogP contribution in [0, 0.1) is 11.7 Å². The highest BCUT2D eigenvalue weighted by atomic mass is 19.1. The molecule has 1 aromatic rings. The Morgan fingerprint density at radius 3 is 2.48 bits per heavy atom. The number of hydrogen-bond donors (Lipinski definition) is 1. The number of carbonyl (C=O) groups is 1. The Morgan fingerprint density at radius 1 is 1.20 bits per heavy atom. The minimum atomic E-state index is -0.582. The second-order valence-electron chi connectivity index (χ2n) is 7.45. The van der Waals surface area contributed by atoms with E-state index < -0.39 is 6.10 Å². The molecule has 1 amide bonds. The predicted molar refractivity (Wildman–Crippen MR) is 96.1 cm³/mol. The molecular weight excluding hydrogens is 319 g/mol. The van der Waals surface area contributed by atoms with Crippen molar-refractivity contribution in [2.24, 2.45) is 5.92 Å². The Labute approximate surface area is 149 Å². The first-order valence-corrected chi connectivity index (χ1v) is 9.55. The van der Waals surface area contributed by atoms with Gasteiger partial charge in [0.15, 0.2) is 6.10 Å². The number of likely N-dealkylation sites (tertiary alicyclic amines) is 1. The zero-order chi connectivity index (χ0) is 17.6. The summed E-state index contributed by atoms with van der Waals surface area (Å²) in [7, 11) is 0. The van der Waals surface area contributed by atoms with Crippen LogP contribution in [0.3, 0.4) is 0 Å². The highest BCUT2D eigenvalue weighted by molar-refractivity contribution is 5.81. The third-order valence-corrected chi connectivity index (χ3v) is 5.42. The molecule has 25 heavy (non-hydrogen) atoms. The highest BCUT2D eigenvalue weighted by Crippen LogP contribution is 2.26. The standard InChI is InChI=1S/C20H29FN2O2/c1-15(25-19-8-6-17(21)7-9-19)20(24)22-18-10-12-23(13-11-18)14-16-4-2-3-5-16/h6-9,15-16,18H,2-5,10-14H2,1H3,(H,22,24)/t15-/m0/s1. The van der Waals surface area contributed by atoms with Gasteiger partial charge in [0.2, 0.25) is 0 Å². The second kappa shape index (κ2) is 8.65. The predicted octanol–water partition coefficient (Wildman–Crippen LogP) is 3.36. The summed E-state index contributed by atoms with van der Waals surface area (Å²) >= 11 is 0. The zero-order valence-electron chi connectivity index (χ0n) is 15.0. The summed E-state index contributed by atoms with van der Waals surface area (Å²) in [6.45, 7) is 5.09. The fourth-order valence-electron chi connectivity index (χ4n) is 3.91. The Kier molecular flexibility index (Phi) is 6.29. The molecule has 138 valence electrons. The number of rotatable bonds is 6. The van der Waals surface area contributed by atoms with Gasteiger partial charge in [-0.2, -0.15) is 0 Å². The van der Waals surface area contributed by atoms with Crippen LogP contribution in [-0.2, 0) is 4.79 Å². The SMILES string of the molecule is C[C@H](Oc1ccc(F)cc1)C(=O)NC1CCN(CC2CCCC2)CC1. The third kappa shape index (κ3) is 5.43. The number of benzene rings is 1. The van der Waals surface area contributed by atoms with Gasteiger partial charge in [-0.3, -0.25) is 4.79 Å². The number of nitrogens with zero attached hydrogens (tertiary/aromatic N) is 1. The first-order valence-electron chi connectivity index (χ1n) is 9.55. The van der Waals surface area contributed by atoms with Crippen molar-refractivity contribution >= 4 is 5.91 Å². The normalized spacial score (nSPS) is 21.2. The van der Waals surface area contributed by atoms with Crippen LogP contribution in [0.4, 0.5) is 4.39 Å². The van der Waals surface area contributed by atoms with E-state index in [0.29, 0.717) is 5.75 Å². The maximum Gasteiger partial charge on any atom is 0.260 e. The van der Waals surface area contributed by atoms with Gasteiger partial charge in [0.25, 0.3) is 5.91 Å². The molecule has 0 aromatic heterocycles. The van der Waals surface area contributed by atoms with Gasteiger partial charge in [-0.25, -0.2) is 4.39 Å². The summed E-state index contributed by atoms with van der Waals surface area (Å²) in [6.07, 6.45) is 6.97. The Bertz CT molecular complexity index is 549. The Morgan fingerprint density at radius 2 is 1.84 bits per heavy atom. The van der Waals surface area contributed by atoms with E-state index in [1.54, 1.807) is 19.1 Å². The quantitative estimate of drug-likeness (QED) is 0.857. The average Bonchev–Trinajstić information content (AvgIpc) is 3.11. The van der Waals surface area contributed by atoms with Crippen LogP contribution in [0.25, 0.3) is 0 Å². The van der Waals surface area contributed by atoms with Crippen LogP contribution in [0.15, 0.2) is 24.3 Å². The molecule has 2 fully saturated rings. The van der Waals surface area contributed by atoms with Crippen molar-refractivity contribution in [3.63, 3.8) is 0 Å². The number of piperidine rings is 1.